The highest BCUT2D eigenvalue weighted by molar-refractivity contribution is 6.33. The maximum atomic E-state index is 12.2. The lowest BCUT2D eigenvalue weighted by molar-refractivity contribution is -0.116. The van der Waals surface area contributed by atoms with Gasteiger partial charge in [0, 0.05) is 39.1 Å². The number of carbonyl (C=O) groups excluding carboxylic acids is 1. The van der Waals surface area contributed by atoms with Gasteiger partial charge in [0.25, 0.3) is 5.89 Å². The first-order valence-electron chi connectivity index (χ1n) is 9.60. The van der Waals surface area contributed by atoms with Crippen LogP contribution in [0.25, 0.3) is 11.7 Å². The number of amides is 1. The highest BCUT2D eigenvalue weighted by atomic mass is 35.5. The third-order valence-corrected chi connectivity index (χ3v) is 5.24. The van der Waals surface area contributed by atoms with E-state index in [0.717, 1.165) is 13.1 Å². The smallest absolute Gasteiger partial charge is 0.266 e. The lowest BCUT2D eigenvalue weighted by Gasteiger charge is -2.34. The predicted molar refractivity (Wildman–Crippen MR) is 112 cm³/mol. The molecule has 9 heteroatoms. The van der Waals surface area contributed by atoms with Crippen LogP contribution in [0.3, 0.4) is 0 Å². The molecule has 0 bridgehead atoms. The van der Waals surface area contributed by atoms with E-state index in [9.17, 15) is 10.1 Å². The molecule has 0 atom stereocenters. The zero-order valence-corrected chi connectivity index (χ0v) is 16.9. The first kappa shape index (κ1) is 20.0. The molecule has 2 aromatic heterocycles. The van der Waals surface area contributed by atoms with E-state index in [4.69, 9.17) is 20.4 Å². The van der Waals surface area contributed by atoms with Gasteiger partial charge in [-0.2, -0.15) is 10.2 Å². The van der Waals surface area contributed by atoms with Gasteiger partial charge in [-0.3, -0.25) is 9.69 Å². The Morgan fingerprint density at radius 1 is 1.20 bits per heavy atom. The minimum absolute atomic E-state index is 0.0735. The number of hydrogen-bond acceptors (Lipinski definition) is 7. The Morgan fingerprint density at radius 2 is 2.00 bits per heavy atom. The first-order chi connectivity index (χ1) is 14.6. The van der Waals surface area contributed by atoms with E-state index in [1.165, 1.54) is 6.26 Å². The highest BCUT2D eigenvalue weighted by Crippen LogP contribution is 2.29. The maximum Gasteiger partial charge on any atom is 0.266 e. The summed E-state index contributed by atoms with van der Waals surface area (Å²) in [4.78, 5) is 20.7. The zero-order chi connectivity index (χ0) is 20.9. The van der Waals surface area contributed by atoms with Crippen LogP contribution >= 0.6 is 11.6 Å². The molecule has 154 valence electrons. The lowest BCUT2D eigenvalue weighted by Crippen LogP contribution is -2.47. The number of rotatable bonds is 6. The van der Waals surface area contributed by atoms with Gasteiger partial charge < -0.3 is 19.1 Å². The first-order valence-corrected chi connectivity index (χ1v) is 9.98. The van der Waals surface area contributed by atoms with E-state index < -0.39 is 0 Å². The van der Waals surface area contributed by atoms with Gasteiger partial charge >= 0.3 is 0 Å². The number of benzene rings is 1. The number of piperazine rings is 1. The number of halogens is 1. The van der Waals surface area contributed by atoms with E-state index in [-0.39, 0.29) is 11.6 Å². The summed E-state index contributed by atoms with van der Waals surface area (Å²) in [5, 5.41) is 12.8. The van der Waals surface area contributed by atoms with Crippen LogP contribution in [0.2, 0.25) is 5.02 Å². The van der Waals surface area contributed by atoms with Gasteiger partial charge in [-0.05, 0) is 24.3 Å². The molecule has 1 amide bonds. The topological polar surface area (TPSA) is 98.5 Å². The molecule has 0 spiro atoms. The molecule has 1 fully saturated rings. The van der Waals surface area contributed by atoms with Crippen molar-refractivity contribution in [2.45, 2.75) is 6.42 Å². The van der Waals surface area contributed by atoms with Crippen molar-refractivity contribution >= 4 is 29.1 Å². The molecule has 3 heterocycles. The molecule has 4 rings (SSSR count). The van der Waals surface area contributed by atoms with Crippen LogP contribution in [-0.2, 0) is 4.79 Å². The Labute approximate surface area is 178 Å². The highest BCUT2D eigenvalue weighted by Gasteiger charge is 2.25. The molecule has 1 aliphatic heterocycles. The van der Waals surface area contributed by atoms with Crippen LogP contribution in [0.1, 0.15) is 12.1 Å². The van der Waals surface area contributed by atoms with Gasteiger partial charge in [0.15, 0.2) is 5.76 Å². The average molecular weight is 426 g/mol. The number of nitriles is 1. The van der Waals surface area contributed by atoms with Crippen molar-refractivity contribution in [3.63, 3.8) is 0 Å². The molecule has 8 nitrogen and oxygen atoms in total. The average Bonchev–Trinajstić information content (AvgIpc) is 3.44. The van der Waals surface area contributed by atoms with Crippen LogP contribution in [0.15, 0.2) is 51.5 Å². The molecule has 1 aliphatic rings. The summed E-state index contributed by atoms with van der Waals surface area (Å²) in [6.45, 7) is 3.49. The number of oxazole rings is 1. The Balaban J connectivity index is 1.30. The molecule has 0 saturated carbocycles. The minimum Gasteiger partial charge on any atom is -0.459 e. The monoisotopic (exact) mass is 425 g/mol. The van der Waals surface area contributed by atoms with E-state index in [0.29, 0.717) is 54.3 Å². The summed E-state index contributed by atoms with van der Waals surface area (Å²) < 4.78 is 11.1. The number of nitrogens with one attached hydrogen (secondary N) is 1. The number of hydrogen-bond donors (Lipinski definition) is 1. The summed E-state index contributed by atoms with van der Waals surface area (Å²) >= 11 is 6.08. The Hall–Kier alpha value is -3.28. The number of aromatic nitrogens is 1. The predicted octanol–water partition coefficient (Wildman–Crippen LogP) is 3.61. The van der Waals surface area contributed by atoms with Crippen molar-refractivity contribution in [3.8, 4) is 17.7 Å². The number of carbonyl (C=O) groups is 1. The number of nitrogens with zero attached hydrogens (tertiary/aromatic N) is 4. The molecule has 0 unspecified atom stereocenters. The van der Waals surface area contributed by atoms with Crippen LogP contribution in [-0.4, -0.2) is 48.5 Å². The number of furan rings is 1. The van der Waals surface area contributed by atoms with E-state index in [2.05, 4.69) is 21.3 Å². The van der Waals surface area contributed by atoms with Crippen molar-refractivity contribution in [1.82, 2.24) is 9.88 Å². The Morgan fingerprint density at radius 3 is 2.70 bits per heavy atom. The standard InChI is InChI=1S/C21H20ClN5O3/c22-15-4-1-2-5-16(15)24-19(28)7-8-26-9-11-27(12-10-26)21-17(14-23)25-20(30-21)18-6-3-13-29-18/h1-6,13H,7-12H2,(H,24,28). The van der Waals surface area contributed by atoms with Crippen molar-refractivity contribution in [2.24, 2.45) is 0 Å². The lowest BCUT2D eigenvalue weighted by atomic mass is 10.2. The summed E-state index contributed by atoms with van der Waals surface area (Å²) in [6, 6.07) is 12.7. The van der Waals surface area contributed by atoms with Gasteiger partial charge in [-0.15, -0.1) is 0 Å². The molecule has 0 aliphatic carbocycles. The fourth-order valence-corrected chi connectivity index (χ4v) is 3.50. The molecular formula is C21H20ClN5O3. The van der Waals surface area contributed by atoms with Crippen molar-refractivity contribution in [3.05, 3.63) is 53.4 Å². The second kappa shape index (κ2) is 9.03. The quantitative estimate of drug-likeness (QED) is 0.644. The third kappa shape index (κ3) is 4.48. The number of anilines is 2. The molecule has 0 radical (unpaired) electrons. The molecular weight excluding hydrogens is 406 g/mol. The second-order valence-electron chi connectivity index (χ2n) is 6.87. The molecule has 30 heavy (non-hydrogen) atoms. The molecule has 3 aromatic rings. The van der Waals surface area contributed by atoms with Gasteiger partial charge in [0.2, 0.25) is 17.5 Å². The van der Waals surface area contributed by atoms with E-state index in [1.54, 1.807) is 24.3 Å². The Bertz CT molecular complexity index is 1050. The summed E-state index contributed by atoms with van der Waals surface area (Å²) in [6.07, 6.45) is 1.91. The zero-order valence-electron chi connectivity index (χ0n) is 16.2. The molecule has 1 aromatic carbocycles. The minimum atomic E-state index is -0.0735. The fourth-order valence-electron chi connectivity index (χ4n) is 3.31. The van der Waals surface area contributed by atoms with Crippen LogP contribution in [0, 0.1) is 11.3 Å². The Kier molecular flexibility index (Phi) is 6.02. The molecule has 1 N–H and O–H groups in total. The van der Waals surface area contributed by atoms with E-state index in [1.807, 2.05) is 17.0 Å². The fraction of sp³-hybridized carbons (Fsp3) is 0.286. The van der Waals surface area contributed by atoms with E-state index >= 15 is 0 Å². The van der Waals surface area contributed by atoms with Crippen molar-refractivity contribution in [2.75, 3.05) is 42.9 Å². The van der Waals surface area contributed by atoms with Crippen molar-refractivity contribution < 1.29 is 13.6 Å². The van der Waals surface area contributed by atoms with Crippen LogP contribution < -0.4 is 10.2 Å². The second-order valence-corrected chi connectivity index (χ2v) is 7.28. The maximum absolute atomic E-state index is 12.2. The largest absolute Gasteiger partial charge is 0.459 e. The SMILES string of the molecule is N#Cc1nc(-c2ccco2)oc1N1CCN(CCC(=O)Nc2ccccc2Cl)CC1. The van der Waals surface area contributed by atoms with Crippen LogP contribution in [0.5, 0.6) is 0 Å². The summed E-state index contributed by atoms with van der Waals surface area (Å²) in [5.74, 6) is 1.17. The third-order valence-electron chi connectivity index (χ3n) is 4.91. The van der Waals surface area contributed by atoms with Gasteiger partial charge in [-0.25, -0.2) is 0 Å². The van der Waals surface area contributed by atoms with Crippen molar-refractivity contribution in [1.29, 1.82) is 5.26 Å². The van der Waals surface area contributed by atoms with Crippen LogP contribution in [0.4, 0.5) is 11.6 Å². The summed E-state index contributed by atoms with van der Waals surface area (Å²) in [7, 11) is 0. The normalized spacial score (nSPS) is 14.5. The molecule has 1 saturated heterocycles. The van der Waals surface area contributed by atoms with Gasteiger partial charge in [0.1, 0.15) is 6.07 Å². The van der Waals surface area contributed by atoms with Gasteiger partial charge in [0.05, 0.1) is 17.0 Å². The number of para-hydroxylation sites is 1. The van der Waals surface area contributed by atoms with Gasteiger partial charge in [-0.1, -0.05) is 23.7 Å². The summed E-state index contributed by atoms with van der Waals surface area (Å²) in [5.41, 5.74) is 0.865.